The van der Waals surface area contributed by atoms with Gasteiger partial charge in [-0.1, -0.05) is 13.8 Å². The van der Waals surface area contributed by atoms with Crippen molar-refractivity contribution in [1.29, 1.82) is 0 Å². The molecule has 2 saturated heterocycles. The number of carbonyl (C=O) groups is 2. The fourth-order valence-corrected chi connectivity index (χ4v) is 4.24. The van der Waals surface area contributed by atoms with Crippen molar-refractivity contribution < 1.29 is 14.3 Å². The average molecular weight is 417 g/mol. The van der Waals surface area contributed by atoms with Crippen molar-refractivity contribution in [3.05, 3.63) is 24.3 Å². The Morgan fingerprint density at radius 3 is 2.07 bits per heavy atom. The molecular formula is C23H36N4O3. The van der Waals surface area contributed by atoms with E-state index in [9.17, 15) is 9.59 Å². The Labute approximate surface area is 180 Å². The molecular weight excluding hydrogens is 380 g/mol. The van der Waals surface area contributed by atoms with Crippen molar-refractivity contribution in [2.75, 3.05) is 43.4 Å². The number of morpholine rings is 1. The molecule has 166 valence electrons. The first kappa shape index (κ1) is 22.6. The highest BCUT2D eigenvalue weighted by molar-refractivity contribution is 5.93. The molecule has 2 unspecified atom stereocenters. The number of nitrogens with one attached hydrogen (secondary N) is 2. The molecule has 0 aromatic heterocycles. The van der Waals surface area contributed by atoms with E-state index in [4.69, 9.17) is 4.74 Å². The average Bonchev–Trinajstić information content (AvgIpc) is 2.69. The molecule has 1 aromatic rings. The zero-order valence-corrected chi connectivity index (χ0v) is 18.7. The molecule has 0 aliphatic carbocycles. The molecule has 2 aliphatic rings. The van der Waals surface area contributed by atoms with Gasteiger partial charge in [-0.15, -0.1) is 0 Å². The van der Waals surface area contributed by atoms with Gasteiger partial charge in [0.05, 0.1) is 12.2 Å². The predicted octanol–water partition coefficient (Wildman–Crippen LogP) is 3.63. The van der Waals surface area contributed by atoms with Crippen LogP contribution in [0, 0.1) is 11.8 Å². The van der Waals surface area contributed by atoms with Crippen LogP contribution in [0.3, 0.4) is 0 Å². The number of likely N-dealkylation sites (tertiary alicyclic amines) is 1. The van der Waals surface area contributed by atoms with Gasteiger partial charge in [-0.25, -0.2) is 4.79 Å². The Balaban J connectivity index is 1.42. The van der Waals surface area contributed by atoms with E-state index in [-0.39, 0.29) is 17.9 Å². The van der Waals surface area contributed by atoms with E-state index in [0.717, 1.165) is 56.9 Å². The number of rotatable bonds is 5. The molecule has 3 amide bonds. The minimum absolute atomic E-state index is 0.0179. The molecule has 2 heterocycles. The number of ether oxygens (including phenoxy) is 1. The van der Waals surface area contributed by atoms with E-state index in [2.05, 4.69) is 29.4 Å². The van der Waals surface area contributed by atoms with Gasteiger partial charge < -0.3 is 20.3 Å². The molecule has 7 heteroatoms. The largest absolute Gasteiger partial charge is 0.373 e. The van der Waals surface area contributed by atoms with Crippen LogP contribution >= 0.6 is 0 Å². The van der Waals surface area contributed by atoms with Gasteiger partial charge in [-0.3, -0.25) is 9.69 Å². The minimum atomic E-state index is -0.0673. The predicted molar refractivity (Wildman–Crippen MR) is 120 cm³/mol. The van der Waals surface area contributed by atoms with Crippen LogP contribution < -0.4 is 10.6 Å². The summed E-state index contributed by atoms with van der Waals surface area (Å²) in [6.07, 6.45) is 2.66. The van der Waals surface area contributed by atoms with E-state index in [0.29, 0.717) is 18.1 Å². The second kappa shape index (κ2) is 10.3. The Bertz CT molecular complexity index is 704. The molecule has 1 aromatic carbocycles. The van der Waals surface area contributed by atoms with Gasteiger partial charge in [-0.2, -0.15) is 0 Å². The standard InChI is InChI=1S/C23H36N4O3/c1-16(2)22(28)24-20-5-7-21(8-6-20)25-23(29)27-11-9-19(10-12-27)15-26-13-17(3)30-18(4)14-26/h5-8,16-19H,9-15H2,1-4H3,(H,24,28)(H,25,29). The molecule has 30 heavy (non-hydrogen) atoms. The second-order valence-electron chi connectivity index (χ2n) is 9.06. The molecule has 2 fully saturated rings. The first-order valence-corrected chi connectivity index (χ1v) is 11.1. The third-order valence-electron chi connectivity index (χ3n) is 5.84. The normalized spacial score (nSPS) is 23.4. The minimum Gasteiger partial charge on any atom is -0.373 e. The molecule has 2 atom stereocenters. The van der Waals surface area contributed by atoms with Crippen LogP contribution in [0.2, 0.25) is 0 Å². The van der Waals surface area contributed by atoms with Crippen LogP contribution in [0.1, 0.15) is 40.5 Å². The number of hydrogen-bond acceptors (Lipinski definition) is 4. The zero-order chi connectivity index (χ0) is 21.7. The summed E-state index contributed by atoms with van der Waals surface area (Å²) in [5.41, 5.74) is 1.47. The summed E-state index contributed by atoms with van der Waals surface area (Å²) in [6.45, 7) is 12.7. The number of piperidine rings is 1. The van der Waals surface area contributed by atoms with Crippen molar-refractivity contribution in [3.8, 4) is 0 Å². The van der Waals surface area contributed by atoms with Gasteiger partial charge in [0, 0.05) is 50.0 Å². The lowest BCUT2D eigenvalue weighted by Crippen LogP contribution is -2.49. The highest BCUT2D eigenvalue weighted by Crippen LogP contribution is 2.22. The highest BCUT2D eigenvalue weighted by atomic mass is 16.5. The van der Waals surface area contributed by atoms with Crippen molar-refractivity contribution >= 4 is 23.3 Å². The monoisotopic (exact) mass is 416 g/mol. The number of nitrogens with zero attached hydrogens (tertiary/aromatic N) is 2. The maximum absolute atomic E-state index is 12.6. The maximum atomic E-state index is 12.6. The molecule has 2 aliphatic heterocycles. The van der Waals surface area contributed by atoms with E-state index in [1.807, 2.05) is 43.0 Å². The lowest BCUT2D eigenvalue weighted by molar-refractivity contribution is -0.118. The maximum Gasteiger partial charge on any atom is 0.321 e. The summed E-state index contributed by atoms with van der Waals surface area (Å²) in [6, 6.07) is 7.21. The molecule has 7 nitrogen and oxygen atoms in total. The van der Waals surface area contributed by atoms with Crippen LogP contribution in [-0.2, 0) is 9.53 Å². The van der Waals surface area contributed by atoms with E-state index >= 15 is 0 Å². The van der Waals surface area contributed by atoms with Crippen LogP contribution in [-0.4, -0.2) is 66.7 Å². The number of hydrogen-bond donors (Lipinski definition) is 2. The quantitative estimate of drug-likeness (QED) is 0.769. The summed E-state index contributed by atoms with van der Waals surface area (Å²) in [4.78, 5) is 28.8. The van der Waals surface area contributed by atoms with E-state index in [1.54, 1.807) is 0 Å². The third-order valence-corrected chi connectivity index (χ3v) is 5.84. The molecule has 3 rings (SSSR count). The van der Waals surface area contributed by atoms with Crippen LogP contribution in [0.4, 0.5) is 16.2 Å². The van der Waals surface area contributed by atoms with Gasteiger partial charge in [0.1, 0.15) is 0 Å². The van der Waals surface area contributed by atoms with Gasteiger partial charge in [0.15, 0.2) is 0 Å². The van der Waals surface area contributed by atoms with Crippen LogP contribution in [0.5, 0.6) is 0 Å². The van der Waals surface area contributed by atoms with Gasteiger partial charge in [-0.05, 0) is 56.9 Å². The SMILES string of the molecule is CC1CN(CC2CCN(C(=O)Nc3ccc(NC(=O)C(C)C)cc3)CC2)CC(C)O1. The molecule has 0 spiro atoms. The Kier molecular flexibility index (Phi) is 7.72. The number of urea groups is 1. The summed E-state index contributed by atoms with van der Waals surface area (Å²) in [5.74, 6) is 0.549. The smallest absolute Gasteiger partial charge is 0.321 e. The number of carbonyl (C=O) groups excluding carboxylic acids is 2. The highest BCUT2D eigenvalue weighted by Gasteiger charge is 2.28. The Morgan fingerprint density at radius 2 is 1.53 bits per heavy atom. The van der Waals surface area contributed by atoms with Crippen molar-refractivity contribution in [2.24, 2.45) is 11.8 Å². The zero-order valence-electron chi connectivity index (χ0n) is 18.7. The number of anilines is 2. The van der Waals surface area contributed by atoms with Crippen LogP contribution in [0.15, 0.2) is 24.3 Å². The molecule has 0 radical (unpaired) electrons. The summed E-state index contributed by atoms with van der Waals surface area (Å²) in [7, 11) is 0. The first-order chi connectivity index (χ1) is 14.3. The first-order valence-electron chi connectivity index (χ1n) is 11.1. The number of amides is 3. The van der Waals surface area contributed by atoms with Crippen molar-refractivity contribution in [2.45, 2.75) is 52.7 Å². The van der Waals surface area contributed by atoms with Crippen molar-refractivity contribution in [3.63, 3.8) is 0 Å². The lowest BCUT2D eigenvalue weighted by atomic mass is 9.96. The van der Waals surface area contributed by atoms with Crippen LogP contribution in [0.25, 0.3) is 0 Å². The summed E-state index contributed by atoms with van der Waals surface area (Å²) < 4.78 is 5.82. The fraction of sp³-hybridized carbons (Fsp3) is 0.652. The van der Waals surface area contributed by atoms with Gasteiger partial charge in [0.2, 0.25) is 5.91 Å². The van der Waals surface area contributed by atoms with Gasteiger partial charge in [0.25, 0.3) is 0 Å². The Morgan fingerprint density at radius 1 is 1.00 bits per heavy atom. The van der Waals surface area contributed by atoms with Crippen molar-refractivity contribution in [1.82, 2.24) is 9.80 Å². The molecule has 2 N–H and O–H groups in total. The second-order valence-corrected chi connectivity index (χ2v) is 9.06. The van der Waals surface area contributed by atoms with Gasteiger partial charge >= 0.3 is 6.03 Å². The van der Waals surface area contributed by atoms with E-state index < -0.39 is 0 Å². The summed E-state index contributed by atoms with van der Waals surface area (Å²) in [5, 5.41) is 5.83. The third kappa shape index (κ3) is 6.44. The topological polar surface area (TPSA) is 73.9 Å². The van der Waals surface area contributed by atoms with E-state index in [1.165, 1.54) is 0 Å². The molecule has 0 saturated carbocycles. The number of benzene rings is 1. The lowest BCUT2D eigenvalue weighted by Gasteiger charge is -2.39. The summed E-state index contributed by atoms with van der Waals surface area (Å²) >= 11 is 0. The molecule has 0 bridgehead atoms. The Hall–Kier alpha value is -2.12. The fourth-order valence-electron chi connectivity index (χ4n) is 4.24.